The van der Waals surface area contributed by atoms with Crippen LogP contribution in [0.1, 0.15) is 17.3 Å². The third-order valence-corrected chi connectivity index (χ3v) is 2.11. The highest BCUT2D eigenvalue weighted by Crippen LogP contribution is 2.18. The van der Waals surface area contributed by atoms with Gasteiger partial charge in [-0.3, -0.25) is 24.6 Å². The van der Waals surface area contributed by atoms with Gasteiger partial charge in [0.1, 0.15) is 5.56 Å². The van der Waals surface area contributed by atoms with Gasteiger partial charge in [0.25, 0.3) is 11.6 Å². The minimum absolute atomic E-state index is 0.0924. The van der Waals surface area contributed by atoms with Crippen molar-refractivity contribution in [1.29, 1.82) is 0 Å². The molecule has 1 aromatic carbocycles. The molecule has 0 saturated heterocycles. The molecule has 0 heterocycles. The van der Waals surface area contributed by atoms with Gasteiger partial charge in [0.05, 0.1) is 4.92 Å². The highest BCUT2D eigenvalue weighted by Gasteiger charge is 2.23. The number of nitro groups is 1. The summed E-state index contributed by atoms with van der Waals surface area (Å²) in [7, 11) is 1.28. The summed E-state index contributed by atoms with van der Waals surface area (Å²) < 4.78 is 0. The zero-order valence-corrected chi connectivity index (χ0v) is 8.84. The molecule has 0 spiro atoms. The van der Waals surface area contributed by atoms with Crippen molar-refractivity contribution in [3.8, 4) is 0 Å². The van der Waals surface area contributed by atoms with E-state index in [9.17, 15) is 19.7 Å². The van der Waals surface area contributed by atoms with Crippen molar-refractivity contribution >= 4 is 17.5 Å². The van der Waals surface area contributed by atoms with Crippen LogP contribution in [0.15, 0.2) is 24.3 Å². The first-order valence-corrected chi connectivity index (χ1v) is 4.47. The molecule has 2 amide bonds. The van der Waals surface area contributed by atoms with E-state index < -0.39 is 16.7 Å². The van der Waals surface area contributed by atoms with Gasteiger partial charge in [-0.05, 0) is 6.07 Å². The molecule has 0 fully saturated rings. The van der Waals surface area contributed by atoms with Crippen LogP contribution >= 0.6 is 0 Å². The van der Waals surface area contributed by atoms with Crippen LogP contribution < -0.4 is 0 Å². The lowest BCUT2D eigenvalue weighted by molar-refractivity contribution is -0.385. The number of carbonyl (C=O) groups is 2. The third-order valence-electron chi connectivity index (χ3n) is 2.11. The molecule has 0 atom stereocenters. The van der Waals surface area contributed by atoms with E-state index in [2.05, 4.69) is 0 Å². The molecule has 0 bridgehead atoms. The van der Waals surface area contributed by atoms with Gasteiger partial charge in [-0.2, -0.15) is 0 Å². The number of carbonyl (C=O) groups excluding carboxylic acids is 2. The van der Waals surface area contributed by atoms with Crippen molar-refractivity contribution in [3.05, 3.63) is 39.9 Å². The molecule has 0 saturated carbocycles. The summed E-state index contributed by atoms with van der Waals surface area (Å²) in [4.78, 5) is 33.5. The van der Waals surface area contributed by atoms with Crippen LogP contribution in [0.4, 0.5) is 5.69 Å². The summed E-state index contributed by atoms with van der Waals surface area (Å²) >= 11 is 0. The second-order valence-electron chi connectivity index (χ2n) is 3.16. The Balaban J connectivity index is 3.18. The first-order chi connectivity index (χ1) is 7.45. The Morgan fingerprint density at radius 1 is 1.31 bits per heavy atom. The normalized spacial score (nSPS) is 9.62. The minimum Gasteiger partial charge on any atom is -0.282 e. The van der Waals surface area contributed by atoms with Crippen LogP contribution in [0.25, 0.3) is 0 Å². The van der Waals surface area contributed by atoms with Crippen LogP contribution in [0.5, 0.6) is 0 Å². The topological polar surface area (TPSA) is 80.5 Å². The van der Waals surface area contributed by atoms with Gasteiger partial charge in [-0.15, -0.1) is 0 Å². The first-order valence-electron chi connectivity index (χ1n) is 4.47. The monoisotopic (exact) mass is 222 g/mol. The maximum Gasteiger partial charge on any atom is 0.282 e. The lowest BCUT2D eigenvalue weighted by Gasteiger charge is -2.12. The number of nitro benzene ring substituents is 1. The molecular weight excluding hydrogens is 212 g/mol. The predicted molar refractivity (Wildman–Crippen MR) is 55.9 cm³/mol. The van der Waals surface area contributed by atoms with Gasteiger partial charge >= 0.3 is 0 Å². The maximum atomic E-state index is 11.7. The van der Waals surface area contributed by atoms with E-state index in [4.69, 9.17) is 0 Å². The molecule has 6 nitrogen and oxygen atoms in total. The van der Waals surface area contributed by atoms with E-state index in [1.165, 1.54) is 38.2 Å². The fourth-order valence-electron chi connectivity index (χ4n) is 1.14. The fourth-order valence-corrected chi connectivity index (χ4v) is 1.14. The van der Waals surface area contributed by atoms with Crippen LogP contribution in [-0.2, 0) is 4.79 Å². The van der Waals surface area contributed by atoms with Crippen molar-refractivity contribution in [3.63, 3.8) is 0 Å². The largest absolute Gasteiger partial charge is 0.282 e. The van der Waals surface area contributed by atoms with E-state index in [-0.39, 0.29) is 11.3 Å². The molecule has 0 aliphatic carbocycles. The number of imide groups is 1. The number of hydrogen-bond acceptors (Lipinski definition) is 4. The Hall–Kier alpha value is -2.24. The summed E-state index contributed by atoms with van der Waals surface area (Å²) in [6.45, 7) is 1.21. The summed E-state index contributed by atoms with van der Waals surface area (Å²) in [5.41, 5.74) is -0.397. The molecule has 1 rings (SSSR count). The number of rotatable bonds is 2. The number of para-hydroxylation sites is 1. The van der Waals surface area contributed by atoms with Crippen LogP contribution in [0.3, 0.4) is 0 Å². The number of benzene rings is 1. The van der Waals surface area contributed by atoms with E-state index in [0.29, 0.717) is 0 Å². The molecule has 0 aliphatic heterocycles. The Kier molecular flexibility index (Phi) is 3.34. The fraction of sp³-hybridized carbons (Fsp3) is 0.200. The second-order valence-corrected chi connectivity index (χ2v) is 3.16. The minimum atomic E-state index is -0.681. The van der Waals surface area contributed by atoms with E-state index in [0.717, 1.165) is 4.90 Å². The molecule has 84 valence electrons. The first kappa shape index (κ1) is 11.8. The molecule has 0 radical (unpaired) electrons. The van der Waals surface area contributed by atoms with Gasteiger partial charge in [0.15, 0.2) is 0 Å². The second kappa shape index (κ2) is 4.52. The van der Waals surface area contributed by atoms with Crippen molar-refractivity contribution in [2.45, 2.75) is 6.92 Å². The zero-order chi connectivity index (χ0) is 12.3. The van der Waals surface area contributed by atoms with Crippen molar-refractivity contribution in [2.24, 2.45) is 0 Å². The van der Waals surface area contributed by atoms with E-state index in [1.54, 1.807) is 0 Å². The molecule has 1 aromatic rings. The number of hydrogen-bond donors (Lipinski definition) is 0. The van der Waals surface area contributed by atoms with E-state index in [1.807, 2.05) is 0 Å². The maximum absolute atomic E-state index is 11.7. The SMILES string of the molecule is CC(=O)N(C)C(=O)c1ccccc1[N+](=O)[O-]. The van der Waals surface area contributed by atoms with Crippen molar-refractivity contribution < 1.29 is 14.5 Å². The van der Waals surface area contributed by atoms with Crippen molar-refractivity contribution in [1.82, 2.24) is 4.90 Å². The Bertz CT molecular complexity index is 456. The quantitative estimate of drug-likeness (QED) is 0.556. The summed E-state index contributed by atoms with van der Waals surface area (Å²) in [6, 6.07) is 5.51. The van der Waals surface area contributed by atoms with Gasteiger partial charge < -0.3 is 0 Å². The Labute approximate surface area is 91.6 Å². The van der Waals surface area contributed by atoms with Gasteiger partial charge in [0.2, 0.25) is 5.91 Å². The average molecular weight is 222 g/mol. The Morgan fingerprint density at radius 2 is 1.88 bits per heavy atom. The molecule has 0 aliphatic rings. The highest BCUT2D eigenvalue weighted by molar-refractivity contribution is 6.06. The zero-order valence-electron chi connectivity index (χ0n) is 8.84. The molecule has 16 heavy (non-hydrogen) atoms. The number of amides is 2. The standard InChI is InChI=1S/C10H10N2O4/c1-7(13)11(2)10(14)8-5-3-4-6-9(8)12(15)16/h3-6H,1-2H3. The number of nitrogens with zero attached hydrogens (tertiary/aromatic N) is 2. The summed E-state index contributed by atoms with van der Waals surface area (Å²) in [5.74, 6) is -1.15. The molecule has 0 N–H and O–H groups in total. The highest BCUT2D eigenvalue weighted by atomic mass is 16.6. The van der Waals surface area contributed by atoms with Crippen LogP contribution in [0, 0.1) is 10.1 Å². The molecule has 6 heteroatoms. The van der Waals surface area contributed by atoms with Crippen LogP contribution in [-0.4, -0.2) is 28.7 Å². The Morgan fingerprint density at radius 3 is 2.38 bits per heavy atom. The lowest BCUT2D eigenvalue weighted by atomic mass is 10.1. The van der Waals surface area contributed by atoms with Crippen molar-refractivity contribution in [2.75, 3.05) is 7.05 Å². The van der Waals surface area contributed by atoms with E-state index >= 15 is 0 Å². The lowest BCUT2D eigenvalue weighted by Crippen LogP contribution is -2.31. The van der Waals surface area contributed by atoms with Crippen LogP contribution in [0.2, 0.25) is 0 Å². The predicted octanol–water partition coefficient (Wildman–Crippen LogP) is 1.21. The molecule has 0 aromatic heterocycles. The van der Waals surface area contributed by atoms with Gasteiger partial charge in [0, 0.05) is 20.0 Å². The third kappa shape index (κ3) is 2.22. The molecular formula is C10H10N2O4. The summed E-state index contributed by atoms with van der Waals surface area (Å²) in [5, 5.41) is 10.7. The average Bonchev–Trinajstić information content (AvgIpc) is 2.26. The van der Waals surface area contributed by atoms with Gasteiger partial charge in [-0.1, -0.05) is 12.1 Å². The molecule has 0 unspecified atom stereocenters. The van der Waals surface area contributed by atoms with Gasteiger partial charge in [-0.25, -0.2) is 0 Å². The summed E-state index contributed by atoms with van der Waals surface area (Å²) in [6.07, 6.45) is 0. The smallest absolute Gasteiger partial charge is 0.282 e.